The highest BCUT2D eigenvalue weighted by Crippen LogP contribution is 2.28. The van der Waals surface area contributed by atoms with Crippen molar-refractivity contribution in [3.63, 3.8) is 0 Å². The van der Waals surface area contributed by atoms with Gasteiger partial charge in [-0.3, -0.25) is 10.1 Å². The van der Waals surface area contributed by atoms with Gasteiger partial charge in [-0.15, -0.1) is 0 Å². The summed E-state index contributed by atoms with van der Waals surface area (Å²) in [5.74, 6) is 0.262. The number of benzene rings is 2. The molecular formula is C17H16F2N2O4S. The summed E-state index contributed by atoms with van der Waals surface area (Å²) in [6.45, 7) is -2.98. The van der Waals surface area contributed by atoms with Gasteiger partial charge in [-0.2, -0.15) is 8.78 Å². The lowest BCUT2D eigenvalue weighted by atomic mass is 10.2. The Balaban J connectivity index is 2.07. The number of alkyl halides is 2. The number of methoxy groups -OCH3 is 2. The maximum absolute atomic E-state index is 12.4. The topological polar surface area (TPSA) is 68.8 Å². The lowest BCUT2D eigenvalue weighted by molar-refractivity contribution is -0.0493. The second kappa shape index (κ2) is 8.95. The van der Waals surface area contributed by atoms with E-state index in [2.05, 4.69) is 15.4 Å². The van der Waals surface area contributed by atoms with Gasteiger partial charge in [0.1, 0.15) is 5.75 Å². The Labute approximate surface area is 154 Å². The van der Waals surface area contributed by atoms with Crippen molar-refractivity contribution in [2.45, 2.75) is 6.61 Å². The van der Waals surface area contributed by atoms with E-state index in [9.17, 15) is 13.6 Å². The van der Waals surface area contributed by atoms with Crippen LogP contribution in [-0.4, -0.2) is 31.9 Å². The molecule has 0 aromatic heterocycles. The molecule has 2 aromatic carbocycles. The van der Waals surface area contributed by atoms with Crippen LogP contribution in [0.1, 0.15) is 10.4 Å². The number of amides is 1. The van der Waals surface area contributed by atoms with Gasteiger partial charge in [0.05, 0.1) is 19.9 Å². The number of hydrogen-bond acceptors (Lipinski definition) is 5. The predicted molar refractivity (Wildman–Crippen MR) is 96.3 cm³/mol. The molecule has 0 aliphatic heterocycles. The van der Waals surface area contributed by atoms with E-state index in [1.54, 1.807) is 12.1 Å². The molecule has 2 rings (SSSR count). The van der Waals surface area contributed by atoms with Gasteiger partial charge >= 0.3 is 6.61 Å². The summed E-state index contributed by atoms with van der Waals surface area (Å²) in [7, 11) is 2.93. The highest BCUT2D eigenvalue weighted by Gasteiger charge is 2.14. The Morgan fingerprint density at radius 2 is 1.73 bits per heavy atom. The Morgan fingerprint density at radius 3 is 2.38 bits per heavy atom. The van der Waals surface area contributed by atoms with Crippen molar-refractivity contribution in [3.8, 4) is 17.2 Å². The van der Waals surface area contributed by atoms with E-state index in [-0.39, 0.29) is 22.1 Å². The van der Waals surface area contributed by atoms with Gasteiger partial charge in [-0.05, 0) is 42.5 Å². The second-order valence-corrected chi connectivity index (χ2v) is 5.26. The van der Waals surface area contributed by atoms with Crippen LogP contribution in [-0.2, 0) is 0 Å². The van der Waals surface area contributed by atoms with Crippen LogP contribution >= 0.6 is 12.2 Å². The van der Waals surface area contributed by atoms with Crippen molar-refractivity contribution < 1.29 is 27.8 Å². The summed E-state index contributed by atoms with van der Waals surface area (Å²) >= 11 is 5.05. The van der Waals surface area contributed by atoms with Crippen molar-refractivity contribution in [1.29, 1.82) is 0 Å². The van der Waals surface area contributed by atoms with Crippen molar-refractivity contribution >= 4 is 28.9 Å². The molecule has 26 heavy (non-hydrogen) atoms. The van der Waals surface area contributed by atoms with Gasteiger partial charge in [-0.1, -0.05) is 12.1 Å². The zero-order chi connectivity index (χ0) is 19.1. The average Bonchev–Trinajstić information content (AvgIpc) is 2.62. The lowest BCUT2D eigenvalue weighted by Crippen LogP contribution is -2.34. The standard InChI is InChI=1S/C17H16F2N2O4S/c1-23-13-8-7-10(9-14(13)24-2)15(22)21-17(26)20-11-5-3-4-6-12(11)25-16(18)19/h3-9,16H,1-2H3,(H2,20,21,22,26). The first-order valence-electron chi connectivity index (χ1n) is 7.32. The van der Waals surface area contributed by atoms with Crippen LogP contribution in [0.15, 0.2) is 42.5 Å². The summed E-state index contributed by atoms with van der Waals surface area (Å²) in [6, 6.07) is 10.6. The summed E-state index contributed by atoms with van der Waals surface area (Å²) in [6.07, 6.45) is 0. The predicted octanol–water partition coefficient (Wildman–Crippen LogP) is 3.43. The van der Waals surface area contributed by atoms with Crippen LogP contribution in [0.3, 0.4) is 0 Å². The van der Waals surface area contributed by atoms with E-state index in [0.29, 0.717) is 11.5 Å². The molecule has 0 saturated heterocycles. The van der Waals surface area contributed by atoms with Crippen LogP contribution in [0.5, 0.6) is 17.2 Å². The maximum atomic E-state index is 12.4. The molecule has 0 aliphatic rings. The molecule has 138 valence electrons. The van der Waals surface area contributed by atoms with Crippen LogP contribution in [0.2, 0.25) is 0 Å². The minimum Gasteiger partial charge on any atom is -0.493 e. The molecule has 2 N–H and O–H groups in total. The largest absolute Gasteiger partial charge is 0.493 e. The highest BCUT2D eigenvalue weighted by molar-refractivity contribution is 7.80. The third-order valence-electron chi connectivity index (χ3n) is 3.22. The van der Waals surface area contributed by atoms with Crippen LogP contribution in [0, 0.1) is 0 Å². The van der Waals surface area contributed by atoms with E-state index >= 15 is 0 Å². The fourth-order valence-corrected chi connectivity index (χ4v) is 2.28. The molecule has 9 heteroatoms. The Bertz CT molecular complexity index is 802. The van der Waals surface area contributed by atoms with Crippen LogP contribution < -0.4 is 24.8 Å². The number of rotatable bonds is 6. The van der Waals surface area contributed by atoms with E-state index in [0.717, 1.165) is 0 Å². The van der Waals surface area contributed by atoms with E-state index in [1.807, 2.05) is 0 Å². The van der Waals surface area contributed by atoms with Crippen molar-refractivity contribution in [2.24, 2.45) is 0 Å². The zero-order valence-electron chi connectivity index (χ0n) is 13.9. The van der Waals surface area contributed by atoms with Gasteiger partial charge < -0.3 is 19.5 Å². The van der Waals surface area contributed by atoms with Crippen molar-refractivity contribution in [3.05, 3.63) is 48.0 Å². The quantitative estimate of drug-likeness (QED) is 0.746. The smallest absolute Gasteiger partial charge is 0.387 e. The molecule has 0 unspecified atom stereocenters. The number of ether oxygens (including phenoxy) is 3. The molecule has 0 saturated carbocycles. The SMILES string of the molecule is COc1ccc(C(=O)NC(=S)Nc2ccccc2OC(F)F)cc1OC. The van der Waals surface area contributed by atoms with Gasteiger partial charge in [0, 0.05) is 5.56 Å². The fourth-order valence-electron chi connectivity index (χ4n) is 2.07. The lowest BCUT2D eigenvalue weighted by Gasteiger charge is -2.14. The van der Waals surface area contributed by atoms with E-state index < -0.39 is 12.5 Å². The number of hydrogen-bond donors (Lipinski definition) is 2. The first-order valence-corrected chi connectivity index (χ1v) is 7.73. The molecule has 0 atom stereocenters. The third-order valence-corrected chi connectivity index (χ3v) is 3.43. The number of halogens is 2. The zero-order valence-corrected chi connectivity index (χ0v) is 14.7. The van der Waals surface area contributed by atoms with Gasteiger partial charge in [0.15, 0.2) is 16.6 Å². The van der Waals surface area contributed by atoms with Gasteiger partial charge in [0.2, 0.25) is 0 Å². The molecular weight excluding hydrogens is 366 g/mol. The normalized spacial score (nSPS) is 10.2. The number of nitrogens with one attached hydrogen (secondary N) is 2. The maximum Gasteiger partial charge on any atom is 0.387 e. The van der Waals surface area contributed by atoms with Crippen LogP contribution in [0.25, 0.3) is 0 Å². The average molecular weight is 382 g/mol. The molecule has 0 heterocycles. The van der Waals surface area contributed by atoms with Gasteiger partial charge in [-0.25, -0.2) is 0 Å². The summed E-state index contributed by atoms with van der Waals surface area (Å²) in [4.78, 5) is 12.3. The second-order valence-electron chi connectivity index (χ2n) is 4.85. The molecule has 1 amide bonds. The van der Waals surface area contributed by atoms with Crippen molar-refractivity contribution in [2.75, 3.05) is 19.5 Å². The molecule has 0 fully saturated rings. The first kappa shape index (κ1) is 19.4. The fraction of sp³-hybridized carbons (Fsp3) is 0.176. The molecule has 0 bridgehead atoms. The Morgan fingerprint density at radius 1 is 1.04 bits per heavy atom. The number of carbonyl (C=O) groups excluding carboxylic acids is 1. The molecule has 0 aliphatic carbocycles. The number of anilines is 1. The Kier molecular flexibility index (Phi) is 6.67. The monoisotopic (exact) mass is 382 g/mol. The van der Waals surface area contributed by atoms with Crippen LogP contribution in [0.4, 0.5) is 14.5 Å². The highest BCUT2D eigenvalue weighted by atomic mass is 32.1. The summed E-state index contributed by atoms with van der Waals surface area (Å²) in [5, 5.41) is 5.03. The van der Waals surface area contributed by atoms with Gasteiger partial charge in [0.25, 0.3) is 5.91 Å². The third kappa shape index (κ3) is 5.03. The first-order chi connectivity index (χ1) is 12.4. The van der Waals surface area contributed by atoms with E-state index in [4.69, 9.17) is 21.7 Å². The number of carbonyl (C=O) groups is 1. The Hall–Kier alpha value is -2.94. The number of thiocarbonyl (C=S) groups is 1. The number of para-hydroxylation sites is 2. The van der Waals surface area contributed by atoms with Crippen molar-refractivity contribution in [1.82, 2.24) is 5.32 Å². The summed E-state index contributed by atoms with van der Waals surface area (Å²) in [5.41, 5.74) is 0.481. The van der Waals surface area contributed by atoms with E-state index in [1.165, 1.54) is 44.6 Å². The molecule has 2 aromatic rings. The minimum atomic E-state index is -2.98. The molecule has 6 nitrogen and oxygen atoms in total. The minimum absolute atomic E-state index is 0.0740. The summed E-state index contributed by atoms with van der Waals surface area (Å²) < 4.78 is 39.5. The molecule has 0 spiro atoms. The molecule has 0 radical (unpaired) electrons.